The molecule has 2 amide bonds. The molecule has 0 bridgehead atoms. The molecule has 0 heterocycles. The summed E-state index contributed by atoms with van der Waals surface area (Å²) in [5.74, 6) is 0.819. The van der Waals surface area contributed by atoms with Crippen molar-refractivity contribution in [3.8, 4) is 5.75 Å². The maximum absolute atomic E-state index is 12.1. The van der Waals surface area contributed by atoms with Crippen molar-refractivity contribution in [2.24, 2.45) is 0 Å². The summed E-state index contributed by atoms with van der Waals surface area (Å²) in [5.41, 5.74) is 3.34. The van der Waals surface area contributed by atoms with Gasteiger partial charge < -0.3 is 25.2 Å². The van der Waals surface area contributed by atoms with Crippen molar-refractivity contribution < 1.29 is 9.53 Å². The second-order valence-electron chi connectivity index (χ2n) is 7.39. The lowest BCUT2D eigenvalue weighted by molar-refractivity contribution is 0.240. The molecule has 0 spiro atoms. The highest BCUT2D eigenvalue weighted by atomic mass is 16.5. The van der Waals surface area contributed by atoms with Crippen molar-refractivity contribution in [3.05, 3.63) is 65.2 Å². The van der Waals surface area contributed by atoms with Gasteiger partial charge in [-0.05, 0) is 57.0 Å². The molecule has 0 unspecified atom stereocenters. The number of nitrogens with one attached hydrogen (secondary N) is 2. The molecule has 6 heteroatoms. The zero-order valence-electron chi connectivity index (χ0n) is 17.4. The van der Waals surface area contributed by atoms with E-state index in [0.717, 1.165) is 30.0 Å². The van der Waals surface area contributed by atoms with Gasteiger partial charge in [-0.2, -0.15) is 0 Å². The van der Waals surface area contributed by atoms with Crippen molar-refractivity contribution >= 4 is 6.03 Å². The SMILES string of the molecule is CN(C)CCOc1cccc(CNC(=O)NCc2ccc(CN(C)C)cc2)c1. The third-order valence-corrected chi connectivity index (χ3v) is 4.13. The number of urea groups is 1. The number of ether oxygens (including phenoxy) is 1. The Kier molecular flexibility index (Phi) is 8.78. The Labute approximate surface area is 168 Å². The number of hydrogen-bond donors (Lipinski definition) is 2. The topological polar surface area (TPSA) is 56.8 Å². The third-order valence-electron chi connectivity index (χ3n) is 4.13. The van der Waals surface area contributed by atoms with Crippen LogP contribution in [0.1, 0.15) is 16.7 Å². The van der Waals surface area contributed by atoms with Gasteiger partial charge in [-0.1, -0.05) is 36.4 Å². The van der Waals surface area contributed by atoms with Crippen LogP contribution in [0.15, 0.2) is 48.5 Å². The van der Waals surface area contributed by atoms with Crippen molar-refractivity contribution in [2.45, 2.75) is 19.6 Å². The molecule has 2 N–H and O–H groups in total. The van der Waals surface area contributed by atoms with Crippen LogP contribution in [0.25, 0.3) is 0 Å². The molecule has 152 valence electrons. The lowest BCUT2D eigenvalue weighted by Gasteiger charge is -2.12. The molecule has 0 aliphatic carbocycles. The monoisotopic (exact) mass is 384 g/mol. The molecule has 0 saturated heterocycles. The Balaban J connectivity index is 1.73. The molecule has 2 aromatic carbocycles. The van der Waals surface area contributed by atoms with Crippen LogP contribution in [-0.2, 0) is 19.6 Å². The van der Waals surface area contributed by atoms with E-state index in [-0.39, 0.29) is 6.03 Å². The van der Waals surface area contributed by atoms with E-state index in [9.17, 15) is 4.79 Å². The summed E-state index contributed by atoms with van der Waals surface area (Å²) < 4.78 is 5.73. The molecule has 0 aliphatic heterocycles. The second-order valence-corrected chi connectivity index (χ2v) is 7.39. The lowest BCUT2D eigenvalue weighted by Crippen LogP contribution is -2.34. The summed E-state index contributed by atoms with van der Waals surface area (Å²) in [6.45, 7) is 3.37. The summed E-state index contributed by atoms with van der Waals surface area (Å²) in [6.07, 6.45) is 0. The molecule has 0 radical (unpaired) electrons. The first-order chi connectivity index (χ1) is 13.4. The maximum atomic E-state index is 12.1. The highest BCUT2D eigenvalue weighted by molar-refractivity contribution is 5.73. The Morgan fingerprint density at radius 1 is 0.857 bits per heavy atom. The fourth-order valence-corrected chi connectivity index (χ4v) is 2.65. The molecule has 0 saturated carbocycles. The first-order valence-corrected chi connectivity index (χ1v) is 9.53. The zero-order chi connectivity index (χ0) is 20.4. The summed E-state index contributed by atoms with van der Waals surface area (Å²) in [5, 5.41) is 5.78. The van der Waals surface area contributed by atoms with Gasteiger partial charge >= 0.3 is 6.03 Å². The number of carbonyl (C=O) groups is 1. The van der Waals surface area contributed by atoms with Gasteiger partial charge in [0.1, 0.15) is 12.4 Å². The Morgan fingerprint density at radius 3 is 2.14 bits per heavy atom. The molecule has 0 fully saturated rings. The van der Waals surface area contributed by atoms with Gasteiger partial charge in [0.2, 0.25) is 0 Å². The molecule has 6 nitrogen and oxygen atoms in total. The van der Waals surface area contributed by atoms with Crippen LogP contribution in [0, 0.1) is 0 Å². The Hall–Kier alpha value is -2.57. The number of rotatable bonds is 10. The second kappa shape index (κ2) is 11.3. The summed E-state index contributed by atoms with van der Waals surface area (Å²) in [4.78, 5) is 16.3. The minimum Gasteiger partial charge on any atom is -0.492 e. The largest absolute Gasteiger partial charge is 0.492 e. The summed E-state index contributed by atoms with van der Waals surface area (Å²) in [7, 11) is 8.12. The molecular formula is C22H32N4O2. The van der Waals surface area contributed by atoms with E-state index in [1.165, 1.54) is 5.56 Å². The average Bonchev–Trinajstić information content (AvgIpc) is 2.65. The standard InChI is InChI=1S/C22H32N4O2/c1-25(2)12-13-28-21-7-5-6-20(14-21)16-24-22(27)23-15-18-8-10-19(11-9-18)17-26(3)4/h5-11,14H,12-13,15-17H2,1-4H3,(H2,23,24,27). The number of hydrogen-bond acceptors (Lipinski definition) is 4. The predicted octanol–water partition coefficient (Wildman–Crippen LogP) is 2.69. The average molecular weight is 385 g/mol. The summed E-state index contributed by atoms with van der Waals surface area (Å²) in [6, 6.07) is 15.9. The first kappa shape index (κ1) is 21.7. The van der Waals surface area contributed by atoms with E-state index >= 15 is 0 Å². The maximum Gasteiger partial charge on any atom is 0.315 e. The highest BCUT2D eigenvalue weighted by Gasteiger charge is 2.03. The first-order valence-electron chi connectivity index (χ1n) is 9.53. The van der Waals surface area contributed by atoms with E-state index in [1.807, 2.05) is 64.6 Å². The van der Waals surface area contributed by atoms with E-state index in [4.69, 9.17) is 4.74 Å². The van der Waals surface area contributed by atoms with Gasteiger partial charge in [0.25, 0.3) is 0 Å². The number of amides is 2. The number of nitrogens with zero attached hydrogens (tertiary/aromatic N) is 2. The van der Waals surface area contributed by atoms with Crippen LogP contribution >= 0.6 is 0 Å². The lowest BCUT2D eigenvalue weighted by atomic mass is 10.1. The molecule has 28 heavy (non-hydrogen) atoms. The number of benzene rings is 2. The van der Waals surface area contributed by atoms with E-state index in [0.29, 0.717) is 19.7 Å². The van der Waals surface area contributed by atoms with Crippen molar-refractivity contribution in [1.29, 1.82) is 0 Å². The fourth-order valence-electron chi connectivity index (χ4n) is 2.65. The van der Waals surface area contributed by atoms with Crippen molar-refractivity contribution in [1.82, 2.24) is 20.4 Å². The van der Waals surface area contributed by atoms with Gasteiger partial charge in [-0.15, -0.1) is 0 Å². The number of carbonyl (C=O) groups excluding carboxylic acids is 1. The van der Waals surface area contributed by atoms with Gasteiger partial charge in [0.05, 0.1) is 0 Å². The van der Waals surface area contributed by atoms with Gasteiger partial charge in [0.15, 0.2) is 0 Å². The van der Waals surface area contributed by atoms with Gasteiger partial charge in [-0.25, -0.2) is 4.79 Å². The smallest absolute Gasteiger partial charge is 0.315 e. The molecule has 2 aromatic rings. The molecule has 0 atom stereocenters. The van der Waals surface area contributed by atoms with Crippen molar-refractivity contribution in [2.75, 3.05) is 41.3 Å². The third kappa shape index (κ3) is 8.41. The molecule has 0 aromatic heterocycles. The minimum atomic E-state index is -0.184. The Morgan fingerprint density at radius 2 is 1.50 bits per heavy atom. The van der Waals surface area contributed by atoms with Crippen LogP contribution in [0.5, 0.6) is 5.75 Å². The molecular weight excluding hydrogens is 352 g/mol. The van der Waals surface area contributed by atoms with Crippen LogP contribution < -0.4 is 15.4 Å². The predicted molar refractivity (Wildman–Crippen MR) is 113 cm³/mol. The highest BCUT2D eigenvalue weighted by Crippen LogP contribution is 2.13. The fraction of sp³-hybridized carbons (Fsp3) is 0.409. The van der Waals surface area contributed by atoms with Crippen LogP contribution in [-0.4, -0.2) is 57.2 Å². The van der Waals surface area contributed by atoms with Gasteiger partial charge in [-0.3, -0.25) is 0 Å². The number of likely N-dealkylation sites (N-methyl/N-ethyl adjacent to an activating group) is 1. The molecule has 2 rings (SSSR count). The minimum absolute atomic E-state index is 0.184. The van der Waals surface area contributed by atoms with Crippen LogP contribution in [0.2, 0.25) is 0 Å². The van der Waals surface area contributed by atoms with Crippen molar-refractivity contribution in [3.63, 3.8) is 0 Å². The zero-order valence-corrected chi connectivity index (χ0v) is 17.4. The Bertz CT molecular complexity index is 730. The van der Waals surface area contributed by atoms with Crippen LogP contribution in [0.4, 0.5) is 4.79 Å². The van der Waals surface area contributed by atoms with E-state index in [1.54, 1.807) is 0 Å². The summed E-state index contributed by atoms with van der Waals surface area (Å²) >= 11 is 0. The normalized spacial score (nSPS) is 10.9. The van der Waals surface area contributed by atoms with E-state index < -0.39 is 0 Å². The molecule has 0 aliphatic rings. The van der Waals surface area contributed by atoms with Crippen LogP contribution in [0.3, 0.4) is 0 Å². The quantitative estimate of drug-likeness (QED) is 0.661. The van der Waals surface area contributed by atoms with Gasteiger partial charge in [0, 0.05) is 26.2 Å². The van der Waals surface area contributed by atoms with E-state index in [2.05, 4.69) is 32.6 Å².